The van der Waals surface area contributed by atoms with Crippen LogP contribution < -0.4 is 15.2 Å². The van der Waals surface area contributed by atoms with E-state index < -0.39 is 0 Å². The first-order chi connectivity index (χ1) is 11.1. The van der Waals surface area contributed by atoms with Crippen molar-refractivity contribution in [3.63, 3.8) is 0 Å². The molecule has 1 aliphatic carbocycles. The van der Waals surface area contributed by atoms with Crippen LogP contribution in [0, 0.1) is 5.92 Å². The van der Waals surface area contributed by atoms with Crippen LogP contribution in [0.1, 0.15) is 24.6 Å². The average molecular weight is 351 g/mol. The number of hydrogen-bond donors (Lipinski definition) is 1. The Morgan fingerprint density at radius 3 is 3.00 bits per heavy atom. The summed E-state index contributed by atoms with van der Waals surface area (Å²) in [5.74, 6) is 2.05. The molecule has 1 atom stereocenters. The lowest BCUT2D eigenvalue weighted by molar-refractivity contribution is 0.299. The molecule has 6 heteroatoms. The molecule has 0 saturated heterocycles. The van der Waals surface area contributed by atoms with Gasteiger partial charge in [0.2, 0.25) is 0 Å². The van der Waals surface area contributed by atoms with Crippen LogP contribution in [0.4, 0.5) is 0 Å². The summed E-state index contributed by atoms with van der Waals surface area (Å²) in [6.45, 7) is 2.68. The molecule has 0 aliphatic heterocycles. The lowest BCUT2D eigenvalue weighted by atomic mass is 10.3. The van der Waals surface area contributed by atoms with Gasteiger partial charge in [0.15, 0.2) is 0 Å². The summed E-state index contributed by atoms with van der Waals surface area (Å²) in [4.78, 5) is 5.22. The van der Waals surface area contributed by atoms with E-state index in [0.29, 0.717) is 21.9 Å². The number of benzene rings is 1. The molecule has 0 unspecified atom stereocenters. The van der Waals surface area contributed by atoms with Crippen molar-refractivity contribution in [2.45, 2.75) is 25.8 Å². The summed E-state index contributed by atoms with van der Waals surface area (Å²) in [6.07, 6.45) is 8.12. The largest absolute Gasteiger partial charge is 0.493 e. The van der Waals surface area contributed by atoms with E-state index in [1.807, 2.05) is 31.2 Å². The Labute approximate surface area is 144 Å². The van der Waals surface area contributed by atoms with Crippen LogP contribution >= 0.6 is 22.9 Å². The highest BCUT2D eigenvalue weighted by Crippen LogP contribution is 2.35. The third-order valence-electron chi connectivity index (χ3n) is 3.35. The van der Waals surface area contributed by atoms with Crippen molar-refractivity contribution < 1.29 is 9.47 Å². The van der Waals surface area contributed by atoms with Crippen molar-refractivity contribution in [1.29, 1.82) is 0 Å². The molecule has 122 valence electrons. The summed E-state index contributed by atoms with van der Waals surface area (Å²) in [7, 11) is 0. The Balaban J connectivity index is 1.62. The Kier molecular flexibility index (Phi) is 5.20. The summed E-state index contributed by atoms with van der Waals surface area (Å²) < 4.78 is 11.4. The minimum absolute atomic E-state index is 0.0131. The molecule has 1 fully saturated rings. The highest BCUT2D eigenvalue weighted by atomic mass is 35.5. The van der Waals surface area contributed by atoms with Crippen LogP contribution in [-0.2, 0) is 0 Å². The highest BCUT2D eigenvalue weighted by Gasteiger charge is 2.22. The molecule has 0 radical (unpaired) electrons. The van der Waals surface area contributed by atoms with Crippen molar-refractivity contribution in [3.05, 3.63) is 40.4 Å². The molecule has 1 aromatic carbocycles. The van der Waals surface area contributed by atoms with Gasteiger partial charge in [-0.3, -0.25) is 0 Å². The maximum Gasteiger partial charge on any atom is 0.279 e. The molecule has 2 aromatic rings. The molecule has 1 heterocycles. The van der Waals surface area contributed by atoms with Gasteiger partial charge in [-0.15, -0.1) is 0 Å². The van der Waals surface area contributed by atoms with Gasteiger partial charge in [-0.2, -0.15) is 0 Å². The topological polar surface area (TPSA) is 57.4 Å². The van der Waals surface area contributed by atoms with Crippen molar-refractivity contribution >= 4 is 29.0 Å². The number of aromatic nitrogens is 1. The van der Waals surface area contributed by atoms with E-state index in [9.17, 15) is 0 Å². The normalized spacial score (nSPS) is 15.8. The van der Waals surface area contributed by atoms with Crippen molar-refractivity contribution in [1.82, 2.24) is 4.98 Å². The molecular weight excluding hydrogens is 332 g/mol. The zero-order valence-electron chi connectivity index (χ0n) is 12.9. The van der Waals surface area contributed by atoms with Gasteiger partial charge in [-0.25, -0.2) is 4.98 Å². The number of thiazole rings is 1. The molecular formula is C17H19ClN2O2S. The monoisotopic (exact) mass is 350 g/mol. The zero-order chi connectivity index (χ0) is 16.2. The lowest BCUT2D eigenvalue weighted by Gasteiger charge is -2.08. The number of nitrogens with zero attached hydrogens (tertiary/aromatic N) is 1. The third kappa shape index (κ3) is 4.96. The predicted molar refractivity (Wildman–Crippen MR) is 94.5 cm³/mol. The maximum atomic E-state index is 6.26. The van der Waals surface area contributed by atoms with Crippen LogP contribution in [0.2, 0.25) is 5.02 Å². The molecule has 1 aromatic heterocycles. The molecule has 2 N–H and O–H groups in total. The Bertz CT molecular complexity index is 696. The zero-order valence-corrected chi connectivity index (χ0v) is 14.4. The number of ether oxygens (including phenoxy) is 2. The van der Waals surface area contributed by atoms with Gasteiger partial charge >= 0.3 is 0 Å². The van der Waals surface area contributed by atoms with Gasteiger partial charge < -0.3 is 15.2 Å². The minimum atomic E-state index is 0.0131. The van der Waals surface area contributed by atoms with E-state index in [2.05, 4.69) is 4.98 Å². The Morgan fingerprint density at radius 1 is 1.48 bits per heavy atom. The highest BCUT2D eigenvalue weighted by molar-refractivity contribution is 7.14. The molecule has 4 nitrogen and oxygen atoms in total. The maximum absolute atomic E-state index is 6.26. The first kappa shape index (κ1) is 16.3. The molecule has 0 bridgehead atoms. The van der Waals surface area contributed by atoms with E-state index in [4.69, 9.17) is 26.8 Å². The lowest BCUT2D eigenvalue weighted by Crippen LogP contribution is -2.09. The predicted octanol–water partition coefficient (Wildman–Crippen LogP) is 4.74. The molecule has 3 rings (SSSR count). The quantitative estimate of drug-likeness (QED) is 0.783. The van der Waals surface area contributed by atoms with Crippen molar-refractivity contribution in [2.24, 2.45) is 11.7 Å². The molecule has 0 amide bonds. The third-order valence-corrected chi connectivity index (χ3v) is 4.49. The fraction of sp³-hybridized carbons (Fsp3) is 0.353. The fourth-order valence-corrected chi connectivity index (χ4v) is 2.79. The van der Waals surface area contributed by atoms with Crippen LogP contribution in [0.15, 0.2) is 30.5 Å². The van der Waals surface area contributed by atoms with E-state index in [-0.39, 0.29) is 6.04 Å². The summed E-state index contributed by atoms with van der Waals surface area (Å²) in [5, 5.41) is 1.06. The van der Waals surface area contributed by atoms with Crippen LogP contribution in [0.5, 0.6) is 16.7 Å². The second-order valence-corrected chi connectivity index (χ2v) is 7.13. The fourth-order valence-electron chi connectivity index (χ4n) is 1.89. The molecule has 1 aliphatic rings. The van der Waals surface area contributed by atoms with Gasteiger partial charge in [-0.1, -0.05) is 29.0 Å². The summed E-state index contributed by atoms with van der Waals surface area (Å²) in [5.41, 5.74) is 5.69. The van der Waals surface area contributed by atoms with Crippen molar-refractivity contribution in [2.75, 3.05) is 6.61 Å². The van der Waals surface area contributed by atoms with Crippen LogP contribution in [-0.4, -0.2) is 17.6 Å². The second kappa shape index (κ2) is 7.34. The van der Waals surface area contributed by atoms with Gasteiger partial charge in [0.25, 0.3) is 5.19 Å². The number of hydrogen-bond acceptors (Lipinski definition) is 5. The molecule has 0 spiro atoms. The standard InChI is InChI=1S/C17H19ClN2O2S/c1-11(19)2-6-14-9-20-17(23-14)22-16-7-5-13(8-15(16)18)21-10-12-3-4-12/h2,5-9,11-12H,3-4,10,19H2,1H3/b6-2+/t11-/m0/s1. The van der Waals surface area contributed by atoms with E-state index in [0.717, 1.165) is 17.2 Å². The SMILES string of the molecule is C[C@H](N)/C=C/c1cnc(Oc2ccc(OCC3CC3)cc2Cl)s1. The molecule has 23 heavy (non-hydrogen) atoms. The number of nitrogens with two attached hydrogens (primary N) is 1. The van der Waals surface area contributed by atoms with Gasteiger partial charge in [0.1, 0.15) is 11.5 Å². The average Bonchev–Trinajstić information content (AvgIpc) is 3.24. The Morgan fingerprint density at radius 2 is 2.30 bits per heavy atom. The summed E-state index contributed by atoms with van der Waals surface area (Å²) in [6, 6.07) is 5.47. The minimum Gasteiger partial charge on any atom is -0.493 e. The molecule has 1 saturated carbocycles. The first-order valence-electron chi connectivity index (χ1n) is 7.60. The van der Waals surface area contributed by atoms with Gasteiger partial charge in [0, 0.05) is 18.3 Å². The van der Waals surface area contributed by atoms with E-state index in [1.54, 1.807) is 12.3 Å². The number of rotatable bonds is 7. The van der Waals surface area contributed by atoms with E-state index in [1.165, 1.54) is 24.2 Å². The smallest absolute Gasteiger partial charge is 0.279 e. The summed E-state index contributed by atoms with van der Waals surface area (Å²) >= 11 is 7.70. The second-order valence-electron chi connectivity index (χ2n) is 5.70. The van der Waals surface area contributed by atoms with Crippen LogP contribution in [0.3, 0.4) is 0 Å². The number of halogens is 1. The van der Waals surface area contributed by atoms with Crippen LogP contribution in [0.25, 0.3) is 6.08 Å². The van der Waals surface area contributed by atoms with Gasteiger partial charge in [-0.05, 0) is 43.9 Å². The van der Waals surface area contributed by atoms with E-state index >= 15 is 0 Å². The van der Waals surface area contributed by atoms with Crippen molar-refractivity contribution in [3.8, 4) is 16.7 Å². The van der Waals surface area contributed by atoms with Gasteiger partial charge in [0.05, 0.1) is 16.5 Å². The Hall–Kier alpha value is -1.56. The first-order valence-corrected chi connectivity index (χ1v) is 8.79.